The summed E-state index contributed by atoms with van der Waals surface area (Å²) in [5.41, 5.74) is 5.44. The Morgan fingerprint density at radius 3 is 2.33 bits per heavy atom. The number of hydrogen-bond acceptors (Lipinski definition) is 2. The first kappa shape index (κ1) is 14.5. The SMILES string of the molecule is C#CCN(CCC)CCCCCCCN. The molecule has 0 atom stereocenters. The third-order valence-electron chi connectivity index (χ3n) is 2.53. The van der Waals surface area contributed by atoms with Crippen molar-refractivity contribution < 1.29 is 0 Å². The molecule has 0 saturated heterocycles. The second-order valence-corrected chi connectivity index (χ2v) is 4.04. The Kier molecular flexibility index (Phi) is 11.2. The van der Waals surface area contributed by atoms with Crippen LogP contribution in [0, 0.1) is 12.3 Å². The summed E-state index contributed by atoms with van der Waals surface area (Å²) < 4.78 is 0. The second-order valence-electron chi connectivity index (χ2n) is 4.04. The number of unbranched alkanes of at least 4 members (excludes halogenated alkanes) is 4. The van der Waals surface area contributed by atoms with E-state index in [1.54, 1.807) is 0 Å². The lowest BCUT2D eigenvalue weighted by molar-refractivity contribution is 0.299. The highest BCUT2D eigenvalue weighted by molar-refractivity contribution is 4.87. The van der Waals surface area contributed by atoms with Crippen molar-refractivity contribution in [1.29, 1.82) is 0 Å². The minimum Gasteiger partial charge on any atom is -0.330 e. The summed E-state index contributed by atoms with van der Waals surface area (Å²) in [4.78, 5) is 2.36. The predicted molar refractivity (Wildman–Crippen MR) is 67.7 cm³/mol. The highest BCUT2D eigenvalue weighted by Crippen LogP contribution is 2.04. The van der Waals surface area contributed by atoms with Crippen LogP contribution in [0.15, 0.2) is 0 Å². The van der Waals surface area contributed by atoms with Crippen LogP contribution < -0.4 is 5.73 Å². The van der Waals surface area contributed by atoms with Crippen molar-refractivity contribution in [1.82, 2.24) is 4.90 Å². The van der Waals surface area contributed by atoms with Crippen LogP contribution in [0.1, 0.15) is 45.4 Å². The maximum atomic E-state index is 5.44. The predicted octanol–water partition coefficient (Wildman–Crippen LogP) is 2.24. The first-order valence-electron chi connectivity index (χ1n) is 6.21. The van der Waals surface area contributed by atoms with E-state index in [1.807, 2.05) is 0 Å². The minimum atomic E-state index is 0.802. The number of rotatable bonds is 10. The molecule has 2 N–H and O–H groups in total. The Morgan fingerprint density at radius 2 is 1.73 bits per heavy atom. The molecule has 2 nitrogen and oxygen atoms in total. The summed E-state index contributed by atoms with van der Waals surface area (Å²) in [5, 5.41) is 0. The third-order valence-corrected chi connectivity index (χ3v) is 2.53. The number of hydrogen-bond donors (Lipinski definition) is 1. The fourth-order valence-electron chi connectivity index (χ4n) is 1.73. The van der Waals surface area contributed by atoms with Crippen molar-refractivity contribution in [2.24, 2.45) is 5.73 Å². The van der Waals surface area contributed by atoms with E-state index in [0.29, 0.717) is 0 Å². The van der Waals surface area contributed by atoms with E-state index in [-0.39, 0.29) is 0 Å². The molecule has 0 aromatic heterocycles. The normalized spacial score (nSPS) is 10.5. The Morgan fingerprint density at radius 1 is 1.07 bits per heavy atom. The average Bonchev–Trinajstić information content (AvgIpc) is 2.24. The van der Waals surface area contributed by atoms with Crippen LogP contribution in [0.3, 0.4) is 0 Å². The van der Waals surface area contributed by atoms with Crippen LogP contribution in [-0.4, -0.2) is 31.1 Å². The summed E-state index contributed by atoms with van der Waals surface area (Å²) in [6, 6.07) is 0. The van der Waals surface area contributed by atoms with Crippen molar-refractivity contribution in [3.63, 3.8) is 0 Å². The van der Waals surface area contributed by atoms with Gasteiger partial charge in [0.2, 0.25) is 0 Å². The molecule has 2 heteroatoms. The van der Waals surface area contributed by atoms with Crippen LogP contribution in [0.25, 0.3) is 0 Å². The maximum Gasteiger partial charge on any atom is 0.0598 e. The molecule has 0 aliphatic rings. The largest absolute Gasteiger partial charge is 0.330 e. The summed E-state index contributed by atoms with van der Waals surface area (Å²) in [6.45, 7) is 6.12. The zero-order valence-electron chi connectivity index (χ0n) is 10.2. The average molecular weight is 210 g/mol. The number of nitrogens with two attached hydrogens (primary N) is 1. The van der Waals surface area contributed by atoms with Crippen molar-refractivity contribution in [3.05, 3.63) is 0 Å². The highest BCUT2D eigenvalue weighted by atomic mass is 15.1. The third kappa shape index (κ3) is 9.78. The van der Waals surface area contributed by atoms with E-state index in [0.717, 1.165) is 26.2 Å². The molecule has 0 rings (SSSR count). The van der Waals surface area contributed by atoms with Gasteiger partial charge in [0, 0.05) is 0 Å². The molecule has 88 valence electrons. The van der Waals surface area contributed by atoms with E-state index in [4.69, 9.17) is 12.2 Å². The number of nitrogens with zero attached hydrogens (tertiary/aromatic N) is 1. The van der Waals surface area contributed by atoms with E-state index in [2.05, 4.69) is 17.7 Å². The maximum absolute atomic E-state index is 5.44. The Bertz CT molecular complexity index is 160. The highest BCUT2D eigenvalue weighted by Gasteiger charge is 2.00. The monoisotopic (exact) mass is 210 g/mol. The molecular formula is C13H26N2. The fourth-order valence-corrected chi connectivity index (χ4v) is 1.73. The number of terminal acetylenes is 1. The lowest BCUT2D eigenvalue weighted by atomic mass is 10.1. The molecule has 0 aliphatic heterocycles. The zero-order chi connectivity index (χ0) is 11.4. The van der Waals surface area contributed by atoms with Gasteiger partial charge in [-0.3, -0.25) is 4.90 Å². The zero-order valence-corrected chi connectivity index (χ0v) is 10.2. The van der Waals surface area contributed by atoms with Gasteiger partial charge >= 0.3 is 0 Å². The topological polar surface area (TPSA) is 29.3 Å². The van der Waals surface area contributed by atoms with Crippen LogP contribution in [0.5, 0.6) is 0 Å². The lowest BCUT2D eigenvalue weighted by Gasteiger charge is -2.18. The van der Waals surface area contributed by atoms with Gasteiger partial charge in [-0.2, -0.15) is 0 Å². The van der Waals surface area contributed by atoms with Gasteiger partial charge in [0.1, 0.15) is 0 Å². The van der Waals surface area contributed by atoms with Crippen LogP contribution in [0.2, 0.25) is 0 Å². The van der Waals surface area contributed by atoms with Gasteiger partial charge in [-0.25, -0.2) is 0 Å². The first-order valence-corrected chi connectivity index (χ1v) is 6.21. The van der Waals surface area contributed by atoms with Crippen molar-refractivity contribution in [3.8, 4) is 12.3 Å². The molecular weight excluding hydrogens is 184 g/mol. The molecule has 0 fully saturated rings. The van der Waals surface area contributed by atoms with E-state index in [1.165, 1.54) is 38.5 Å². The Balaban J connectivity index is 3.33. The van der Waals surface area contributed by atoms with E-state index < -0.39 is 0 Å². The van der Waals surface area contributed by atoms with E-state index in [9.17, 15) is 0 Å². The molecule has 0 aliphatic carbocycles. The van der Waals surface area contributed by atoms with Gasteiger partial charge in [0.15, 0.2) is 0 Å². The van der Waals surface area contributed by atoms with Crippen LogP contribution >= 0.6 is 0 Å². The van der Waals surface area contributed by atoms with Gasteiger partial charge < -0.3 is 5.73 Å². The van der Waals surface area contributed by atoms with Crippen molar-refractivity contribution in [2.75, 3.05) is 26.2 Å². The van der Waals surface area contributed by atoms with Gasteiger partial charge in [-0.15, -0.1) is 6.42 Å². The Hall–Kier alpha value is -0.520. The molecule has 0 saturated carbocycles. The smallest absolute Gasteiger partial charge is 0.0598 e. The van der Waals surface area contributed by atoms with Crippen LogP contribution in [-0.2, 0) is 0 Å². The molecule has 0 aromatic carbocycles. The van der Waals surface area contributed by atoms with Crippen molar-refractivity contribution in [2.45, 2.75) is 45.4 Å². The summed E-state index contributed by atoms with van der Waals surface area (Å²) in [5.74, 6) is 2.72. The summed E-state index contributed by atoms with van der Waals surface area (Å²) in [7, 11) is 0. The minimum absolute atomic E-state index is 0.802. The van der Waals surface area contributed by atoms with Gasteiger partial charge in [0.05, 0.1) is 6.54 Å². The molecule has 0 unspecified atom stereocenters. The molecule has 0 amide bonds. The van der Waals surface area contributed by atoms with Gasteiger partial charge in [0.25, 0.3) is 0 Å². The summed E-state index contributed by atoms with van der Waals surface area (Å²) in [6.07, 6.45) is 12.9. The van der Waals surface area contributed by atoms with Gasteiger partial charge in [-0.05, 0) is 38.9 Å². The quantitative estimate of drug-likeness (QED) is 0.442. The molecule has 0 aromatic rings. The second kappa shape index (κ2) is 11.6. The van der Waals surface area contributed by atoms with Crippen LogP contribution in [0.4, 0.5) is 0 Å². The molecule has 0 radical (unpaired) electrons. The summed E-state index contributed by atoms with van der Waals surface area (Å²) >= 11 is 0. The van der Waals surface area contributed by atoms with E-state index >= 15 is 0 Å². The first-order chi connectivity index (χ1) is 7.35. The molecule has 0 heterocycles. The fraction of sp³-hybridized carbons (Fsp3) is 0.846. The molecule has 0 spiro atoms. The van der Waals surface area contributed by atoms with Gasteiger partial charge in [-0.1, -0.05) is 32.1 Å². The lowest BCUT2D eigenvalue weighted by Crippen LogP contribution is -2.26. The molecule has 0 bridgehead atoms. The molecule has 15 heavy (non-hydrogen) atoms. The van der Waals surface area contributed by atoms with Crippen molar-refractivity contribution >= 4 is 0 Å². The Labute approximate surface area is 95.2 Å². The standard InChI is InChI=1S/C13H26N2/c1-3-11-15(12-4-2)13-9-7-5-6-8-10-14/h1H,4-14H2,2H3.